The van der Waals surface area contributed by atoms with Gasteiger partial charge in [-0.25, -0.2) is 14.4 Å². The number of amides is 1. The predicted molar refractivity (Wildman–Crippen MR) is 129 cm³/mol. The number of imidazole rings is 1. The van der Waals surface area contributed by atoms with E-state index in [9.17, 15) is 9.18 Å². The van der Waals surface area contributed by atoms with Gasteiger partial charge in [0, 0.05) is 29.1 Å². The quantitative estimate of drug-likeness (QED) is 0.339. The lowest BCUT2D eigenvalue weighted by Crippen LogP contribution is -2.13. The van der Waals surface area contributed by atoms with Gasteiger partial charge in [0.25, 0.3) is 5.91 Å². The van der Waals surface area contributed by atoms with Gasteiger partial charge in [0.1, 0.15) is 17.5 Å². The molecular formula is C25H25FN6O. The summed E-state index contributed by atoms with van der Waals surface area (Å²) in [7, 11) is 0. The van der Waals surface area contributed by atoms with Crippen LogP contribution in [0.1, 0.15) is 36.1 Å². The molecule has 2 aromatic carbocycles. The largest absolute Gasteiger partial charge is 0.397 e. The van der Waals surface area contributed by atoms with Crippen LogP contribution in [-0.2, 0) is 0 Å². The molecule has 0 radical (unpaired) electrons. The number of pyridine rings is 1. The molecule has 8 heteroatoms. The zero-order valence-corrected chi connectivity index (χ0v) is 18.6. The average Bonchev–Trinajstić information content (AvgIpc) is 3.19. The topological polar surface area (TPSA) is 97.9 Å². The minimum atomic E-state index is -0.472. The van der Waals surface area contributed by atoms with Crippen LogP contribution < -0.4 is 16.4 Å². The van der Waals surface area contributed by atoms with Crippen molar-refractivity contribution in [1.29, 1.82) is 0 Å². The highest BCUT2D eigenvalue weighted by Crippen LogP contribution is 2.27. The van der Waals surface area contributed by atoms with Gasteiger partial charge >= 0.3 is 0 Å². The van der Waals surface area contributed by atoms with E-state index in [4.69, 9.17) is 5.73 Å². The first kappa shape index (κ1) is 22.0. The van der Waals surface area contributed by atoms with E-state index < -0.39 is 5.82 Å². The molecule has 0 saturated heterocycles. The Hall–Kier alpha value is -4.20. The molecule has 0 aliphatic carbocycles. The van der Waals surface area contributed by atoms with E-state index in [2.05, 4.69) is 39.0 Å². The van der Waals surface area contributed by atoms with Gasteiger partial charge in [0.2, 0.25) is 0 Å². The summed E-state index contributed by atoms with van der Waals surface area (Å²) in [6.45, 7) is 6.24. The van der Waals surface area contributed by atoms with Crippen molar-refractivity contribution in [2.75, 3.05) is 16.4 Å². The Balaban J connectivity index is 1.49. The Bertz CT molecular complexity index is 1300. The first-order valence-electron chi connectivity index (χ1n) is 10.6. The zero-order valence-electron chi connectivity index (χ0n) is 18.6. The Kier molecular flexibility index (Phi) is 6.08. The second-order valence-corrected chi connectivity index (χ2v) is 7.97. The fourth-order valence-electron chi connectivity index (χ4n) is 3.66. The van der Waals surface area contributed by atoms with Crippen LogP contribution in [0.25, 0.3) is 11.3 Å². The third-order valence-electron chi connectivity index (χ3n) is 5.24. The first-order chi connectivity index (χ1) is 15.8. The number of aromatic nitrogens is 3. The van der Waals surface area contributed by atoms with Gasteiger partial charge in [-0.3, -0.25) is 4.79 Å². The molecule has 0 atom stereocenters. The molecule has 0 saturated carbocycles. The molecule has 2 heterocycles. The molecule has 0 unspecified atom stereocenters. The van der Waals surface area contributed by atoms with Crippen molar-refractivity contribution in [3.05, 3.63) is 84.2 Å². The fourth-order valence-corrected chi connectivity index (χ4v) is 3.66. The maximum Gasteiger partial charge on any atom is 0.255 e. The van der Waals surface area contributed by atoms with Crippen molar-refractivity contribution >= 4 is 28.8 Å². The van der Waals surface area contributed by atoms with E-state index in [1.165, 1.54) is 18.2 Å². The molecule has 0 aliphatic rings. The Morgan fingerprint density at radius 1 is 1.06 bits per heavy atom. The van der Waals surface area contributed by atoms with E-state index in [1.807, 2.05) is 25.3 Å². The van der Waals surface area contributed by atoms with Crippen molar-refractivity contribution in [2.24, 2.45) is 0 Å². The van der Waals surface area contributed by atoms with Crippen molar-refractivity contribution < 1.29 is 9.18 Å². The number of aryl methyl sites for hydroxylation is 1. The molecule has 0 spiro atoms. The number of rotatable bonds is 6. The number of hydrogen-bond donors (Lipinski definition) is 3. The highest BCUT2D eigenvalue weighted by Gasteiger charge is 2.13. The summed E-state index contributed by atoms with van der Waals surface area (Å²) in [5.74, 6) is 0.781. The zero-order chi connectivity index (χ0) is 23.5. The number of hydrogen-bond acceptors (Lipinski definition) is 5. The minimum Gasteiger partial charge on any atom is -0.397 e. The van der Waals surface area contributed by atoms with Crippen LogP contribution in [0.15, 0.2) is 67.0 Å². The van der Waals surface area contributed by atoms with Crippen LogP contribution in [0, 0.1) is 12.7 Å². The van der Waals surface area contributed by atoms with Crippen LogP contribution in [-0.4, -0.2) is 20.4 Å². The Morgan fingerprint density at radius 3 is 2.55 bits per heavy atom. The van der Waals surface area contributed by atoms with Gasteiger partial charge < -0.3 is 20.9 Å². The monoisotopic (exact) mass is 444 g/mol. The standard InChI is InChI=1S/C25H25FN6O/c1-15(2)32-16(3)29-14-23(32)18-10-11-28-24(12-18)30-20-7-4-17(5-8-20)25(33)31-22-13-19(26)6-9-21(22)27/h4-15H,27H2,1-3H3,(H,28,30)(H,31,33). The summed E-state index contributed by atoms with van der Waals surface area (Å²) >= 11 is 0. The highest BCUT2D eigenvalue weighted by atomic mass is 19.1. The van der Waals surface area contributed by atoms with Gasteiger partial charge in [-0.1, -0.05) is 0 Å². The lowest BCUT2D eigenvalue weighted by atomic mass is 10.1. The molecule has 4 aromatic rings. The highest BCUT2D eigenvalue weighted by molar-refractivity contribution is 6.05. The molecule has 4 N–H and O–H groups in total. The average molecular weight is 445 g/mol. The summed E-state index contributed by atoms with van der Waals surface area (Å²) in [6.07, 6.45) is 3.61. The van der Waals surface area contributed by atoms with Crippen molar-refractivity contribution in [1.82, 2.24) is 14.5 Å². The lowest BCUT2D eigenvalue weighted by molar-refractivity contribution is 0.102. The molecule has 2 aromatic heterocycles. The van der Waals surface area contributed by atoms with E-state index in [-0.39, 0.29) is 17.6 Å². The molecule has 0 aliphatic heterocycles. The maximum atomic E-state index is 13.4. The number of halogens is 1. The van der Waals surface area contributed by atoms with Crippen LogP contribution >= 0.6 is 0 Å². The number of carbonyl (C=O) groups excluding carboxylic acids is 1. The number of nitrogens with zero attached hydrogens (tertiary/aromatic N) is 3. The van der Waals surface area contributed by atoms with Crippen LogP contribution in [0.4, 0.5) is 27.3 Å². The lowest BCUT2D eigenvalue weighted by Gasteiger charge is -2.15. The SMILES string of the molecule is Cc1ncc(-c2ccnc(Nc3ccc(C(=O)Nc4cc(F)ccc4N)cc3)c2)n1C(C)C. The van der Waals surface area contributed by atoms with Crippen molar-refractivity contribution in [2.45, 2.75) is 26.8 Å². The van der Waals surface area contributed by atoms with Crippen LogP contribution in [0.2, 0.25) is 0 Å². The predicted octanol–water partition coefficient (Wildman–Crippen LogP) is 5.55. The van der Waals surface area contributed by atoms with Crippen LogP contribution in [0.3, 0.4) is 0 Å². The third-order valence-corrected chi connectivity index (χ3v) is 5.24. The smallest absolute Gasteiger partial charge is 0.255 e. The molecule has 4 rings (SSSR count). The van der Waals surface area contributed by atoms with E-state index >= 15 is 0 Å². The van der Waals surface area contributed by atoms with Crippen molar-refractivity contribution in [3.63, 3.8) is 0 Å². The molecule has 1 amide bonds. The van der Waals surface area contributed by atoms with Gasteiger partial charge in [-0.2, -0.15) is 0 Å². The first-order valence-corrected chi connectivity index (χ1v) is 10.6. The van der Waals surface area contributed by atoms with E-state index in [0.29, 0.717) is 17.1 Å². The van der Waals surface area contributed by atoms with Gasteiger partial charge in [-0.15, -0.1) is 0 Å². The maximum absolute atomic E-state index is 13.4. The Labute approximate surface area is 191 Å². The number of carbonyl (C=O) groups is 1. The number of anilines is 4. The fraction of sp³-hybridized carbons (Fsp3) is 0.160. The number of nitrogens with one attached hydrogen (secondary N) is 2. The summed E-state index contributed by atoms with van der Waals surface area (Å²) in [6, 6.07) is 14.9. The Morgan fingerprint density at radius 2 is 1.82 bits per heavy atom. The second kappa shape index (κ2) is 9.12. The summed E-state index contributed by atoms with van der Waals surface area (Å²) in [5.41, 5.74) is 9.55. The molecule has 33 heavy (non-hydrogen) atoms. The number of benzene rings is 2. The summed E-state index contributed by atoms with van der Waals surface area (Å²) < 4.78 is 15.6. The molecular weight excluding hydrogens is 419 g/mol. The van der Waals surface area contributed by atoms with E-state index in [0.717, 1.165) is 22.8 Å². The summed E-state index contributed by atoms with van der Waals surface area (Å²) in [5, 5.41) is 5.89. The number of nitrogens with two attached hydrogens (primary N) is 1. The number of nitrogen functional groups attached to an aromatic ring is 1. The van der Waals surface area contributed by atoms with Gasteiger partial charge in [-0.05, 0) is 75.4 Å². The molecule has 0 fully saturated rings. The van der Waals surface area contributed by atoms with Gasteiger partial charge in [0.15, 0.2) is 0 Å². The summed E-state index contributed by atoms with van der Waals surface area (Å²) in [4.78, 5) is 21.4. The minimum absolute atomic E-state index is 0.235. The normalized spacial score (nSPS) is 10.9. The molecule has 168 valence electrons. The van der Waals surface area contributed by atoms with Crippen molar-refractivity contribution in [3.8, 4) is 11.3 Å². The second-order valence-electron chi connectivity index (χ2n) is 7.97. The van der Waals surface area contributed by atoms with E-state index in [1.54, 1.807) is 30.5 Å². The van der Waals surface area contributed by atoms with Crippen LogP contribution in [0.5, 0.6) is 0 Å². The molecule has 7 nitrogen and oxygen atoms in total. The van der Waals surface area contributed by atoms with Gasteiger partial charge in [0.05, 0.1) is 23.3 Å². The third kappa shape index (κ3) is 4.85. The molecule has 0 bridgehead atoms.